The maximum Gasteiger partial charge on any atom is 0.319 e. The fraction of sp³-hybridized carbons (Fsp3) is 0.467. The summed E-state index contributed by atoms with van der Waals surface area (Å²) in [5, 5.41) is 8.30. The van der Waals surface area contributed by atoms with Crippen LogP contribution in [0.25, 0.3) is 0 Å². The summed E-state index contributed by atoms with van der Waals surface area (Å²) >= 11 is 0. The normalized spacial score (nSPS) is 10.2. The van der Waals surface area contributed by atoms with E-state index in [1.165, 1.54) is 0 Å². The van der Waals surface area contributed by atoms with Crippen LogP contribution in [0.1, 0.15) is 40.0 Å². The second-order valence-corrected chi connectivity index (χ2v) is 4.95. The van der Waals surface area contributed by atoms with E-state index in [4.69, 9.17) is 0 Å². The number of anilines is 2. The number of carbonyl (C=O) groups excluding carboxylic acids is 2. The Balaban J connectivity index is 2.68. The minimum absolute atomic E-state index is 0.0367. The number of carbonyl (C=O) groups is 2. The Morgan fingerprint density at radius 2 is 1.70 bits per heavy atom. The molecule has 0 spiro atoms. The summed E-state index contributed by atoms with van der Waals surface area (Å²) in [7, 11) is 0. The molecule has 0 aliphatic heterocycles. The van der Waals surface area contributed by atoms with Crippen molar-refractivity contribution in [3.05, 3.63) is 24.3 Å². The predicted octanol–water partition coefficient (Wildman–Crippen LogP) is 3.35. The van der Waals surface area contributed by atoms with Crippen molar-refractivity contribution in [1.29, 1.82) is 0 Å². The Labute approximate surface area is 120 Å². The lowest BCUT2D eigenvalue weighted by atomic mass is 10.2. The van der Waals surface area contributed by atoms with Gasteiger partial charge in [0, 0.05) is 12.5 Å². The van der Waals surface area contributed by atoms with Gasteiger partial charge in [-0.1, -0.05) is 25.5 Å². The minimum atomic E-state index is -0.282. The van der Waals surface area contributed by atoms with E-state index in [0.29, 0.717) is 17.8 Å². The van der Waals surface area contributed by atoms with Crippen molar-refractivity contribution in [3.63, 3.8) is 0 Å². The summed E-state index contributed by atoms with van der Waals surface area (Å²) < 4.78 is 0. The quantitative estimate of drug-likeness (QED) is 0.746. The predicted molar refractivity (Wildman–Crippen MR) is 81.9 cm³/mol. The molecule has 0 saturated carbocycles. The molecule has 1 aromatic carbocycles. The zero-order chi connectivity index (χ0) is 15.0. The number of unbranched alkanes of at least 4 members (excludes halogenated alkanes) is 1. The summed E-state index contributed by atoms with van der Waals surface area (Å²) in [6.07, 6.45) is 2.32. The van der Waals surface area contributed by atoms with E-state index in [0.717, 1.165) is 12.8 Å². The van der Waals surface area contributed by atoms with Crippen molar-refractivity contribution in [2.24, 2.45) is 0 Å². The molecule has 0 bridgehead atoms. The molecule has 5 heteroatoms. The third kappa shape index (κ3) is 5.73. The van der Waals surface area contributed by atoms with Gasteiger partial charge >= 0.3 is 6.03 Å². The molecule has 0 unspecified atom stereocenters. The molecule has 0 fully saturated rings. The topological polar surface area (TPSA) is 70.2 Å². The number of benzene rings is 1. The van der Waals surface area contributed by atoms with E-state index >= 15 is 0 Å². The zero-order valence-electron chi connectivity index (χ0n) is 12.3. The highest BCUT2D eigenvalue weighted by Crippen LogP contribution is 2.21. The summed E-state index contributed by atoms with van der Waals surface area (Å²) in [4.78, 5) is 23.4. The second-order valence-electron chi connectivity index (χ2n) is 4.95. The van der Waals surface area contributed by atoms with Crippen molar-refractivity contribution < 1.29 is 9.59 Å². The van der Waals surface area contributed by atoms with E-state index < -0.39 is 0 Å². The number of amides is 3. The Morgan fingerprint density at radius 1 is 1.10 bits per heavy atom. The fourth-order valence-corrected chi connectivity index (χ4v) is 1.67. The van der Waals surface area contributed by atoms with Crippen molar-refractivity contribution in [2.75, 3.05) is 10.6 Å². The molecule has 3 N–H and O–H groups in total. The van der Waals surface area contributed by atoms with Gasteiger partial charge < -0.3 is 16.0 Å². The van der Waals surface area contributed by atoms with Crippen LogP contribution in [0.3, 0.4) is 0 Å². The van der Waals surface area contributed by atoms with E-state index in [1.807, 2.05) is 32.9 Å². The molecule has 0 aliphatic rings. The lowest BCUT2D eigenvalue weighted by Gasteiger charge is -2.14. The van der Waals surface area contributed by atoms with Crippen molar-refractivity contribution in [3.8, 4) is 0 Å². The molecular formula is C15H23N3O2. The highest BCUT2D eigenvalue weighted by atomic mass is 16.2. The van der Waals surface area contributed by atoms with Crippen molar-refractivity contribution >= 4 is 23.3 Å². The van der Waals surface area contributed by atoms with Gasteiger partial charge in [0.15, 0.2) is 0 Å². The van der Waals surface area contributed by atoms with Crippen LogP contribution in [0.15, 0.2) is 24.3 Å². The van der Waals surface area contributed by atoms with E-state index in [2.05, 4.69) is 16.0 Å². The third-order valence-electron chi connectivity index (χ3n) is 2.63. The van der Waals surface area contributed by atoms with Crippen LogP contribution in [0, 0.1) is 0 Å². The standard InChI is InChI=1S/C15H23N3O2/c1-4-5-10-14(19)17-12-8-6-7-9-13(12)18-15(20)16-11(2)3/h6-9,11H,4-5,10H2,1-3H3,(H,17,19)(H2,16,18,20). The van der Waals surface area contributed by atoms with Crippen LogP contribution >= 0.6 is 0 Å². The largest absolute Gasteiger partial charge is 0.336 e. The van der Waals surface area contributed by atoms with Gasteiger partial charge in [-0.25, -0.2) is 4.79 Å². The Morgan fingerprint density at radius 3 is 2.25 bits per heavy atom. The first-order valence-electron chi connectivity index (χ1n) is 6.99. The number of rotatable bonds is 6. The summed E-state index contributed by atoms with van der Waals surface area (Å²) in [5.41, 5.74) is 1.21. The molecule has 0 aliphatic carbocycles. The molecule has 1 rings (SSSR count). The van der Waals surface area contributed by atoms with Gasteiger partial charge in [-0.05, 0) is 32.4 Å². The smallest absolute Gasteiger partial charge is 0.319 e. The molecule has 0 aromatic heterocycles. The number of nitrogens with one attached hydrogen (secondary N) is 3. The van der Waals surface area contributed by atoms with Crippen molar-refractivity contribution in [1.82, 2.24) is 5.32 Å². The highest BCUT2D eigenvalue weighted by Gasteiger charge is 2.09. The van der Waals surface area contributed by atoms with Gasteiger partial charge in [-0.3, -0.25) is 4.79 Å². The van der Waals surface area contributed by atoms with Crippen molar-refractivity contribution in [2.45, 2.75) is 46.1 Å². The minimum Gasteiger partial charge on any atom is -0.336 e. The first-order chi connectivity index (χ1) is 9.52. The Kier molecular flexibility index (Phi) is 6.56. The molecule has 0 atom stereocenters. The first kappa shape index (κ1) is 16.0. The monoisotopic (exact) mass is 277 g/mol. The lowest BCUT2D eigenvalue weighted by molar-refractivity contribution is -0.116. The van der Waals surface area contributed by atoms with Crippen LogP contribution in [-0.2, 0) is 4.79 Å². The molecule has 1 aromatic rings. The van der Waals surface area contributed by atoms with Gasteiger partial charge in [-0.15, -0.1) is 0 Å². The molecule has 0 heterocycles. The van der Waals surface area contributed by atoms with Gasteiger partial charge in [0.1, 0.15) is 0 Å². The second kappa shape index (κ2) is 8.19. The number of hydrogen-bond donors (Lipinski definition) is 3. The molecule has 3 amide bonds. The third-order valence-corrected chi connectivity index (χ3v) is 2.63. The summed E-state index contributed by atoms with van der Waals surface area (Å²) in [5.74, 6) is -0.0367. The van der Waals surface area contributed by atoms with E-state index in [-0.39, 0.29) is 18.0 Å². The van der Waals surface area contributed by atoms with Gasteiger partial charge in [0.2, 0.25) is 5.91 Å². The number of para-hydroxylation sites is 2. The molecule has 0 radical (unpaired) electrons. The summed E-state index contributed by atoms with van der Waals surface area (Å²) in [6, 6.07) is 6.94. The molecule has 0 saturated heterocycles. The van der Waals surface area contributed by atoms with Crippen LogP contribution in [-0.4, -0.2) is 18.0 Å². The lowest BCUT2D eigenvalue weighted by Crippen LogP contribution is -2.34. The average Bonchev–Trinajstić information content (AvgIpc) is 2.37. The molecule has 110 valence electrons. The molecular weight excluding hydrogens is 254 g/mol. The van der Waals surface area contributed by atoms with Gasteiger partial charge in [0.25, 0.3) is 0 Å². The Bertz CT molecular complexity index is 458. The first-order valence-corrected chi connectivity index (χ1v) is 6.99. The van der Waals surface area contributed by atoms with Crippen LogP contribution in [0.2, 0.25) is 0 Å². The maximum atomic E-state index is 11.7. The average molecular weight is 277 g/mol. The van der Waals surface area contributed by atoms with Crippen LogP contribution in [0.4, 0.5) is 16.2 Å². The summed E-state index contributed by atoms with van der Waals surface area (Å²) in [6.45, 7) is 5.81. The number of urea groups is 1. The van der Waals surface area contributed by atoms with E-state index in [1.54, 1.807) is 12.1 Å². The van der Waals surface area contributed by atoms with E-state index in [9.17, 15) is 9.59 Å². The molecule has 20 heavy (non-hydrogen) atoms. The maximum absolute atomic E-state index is 11.7. The van der Waals surface area contributed by atoms with Crippen LogP contribution in [0.5, 0.6) is 0 Å². The SMILES string of the molecule is CCCCC(=O)Nc1ccccc1NC(=O)NC(C)C. The van der Waals surface area contributed by atoms with Gasteiger partial charge in [0.05, 0.1) is 11.4 Å². The molecule has 5 nitrogen and oxygen atoms in total. The number of hydrogen-bond acceptors (Lipinski definition) is 2. The fourth-order valence-electron chi connectivity index (χ4n) is 1.67. The zero-order valence-corrected chi connectivity index (χ0v) is 12.3. The highest BCUT2D eigenvalue weighted by molar-refractivity contribution is 5.99. The van der Waals surface area contributed by atoms with Gasteiger partial charge in [-0.2, -0.15) is 0 Å². The Hall–Kier alpha value is -2.04. The van der Waals surface area contributed by atoms with Crippen LogP contribution < -0.4 is 16.0 Å².